The van der Waals surface area contributed by atoms with Crippen LogP contribution in [0.25, 0.3) is 22.6 Å². The highest BCUT2D eigenvalue weighted by molar-refractivity contribution is 5.96. The summed E-state index contributed by atoms with van der Waals surface area (Å²) in [4.78, 5) is 38.4. The van der Waals surface area contributed by atoms with Gasteiger partial charge in [0.15, 0.2) is 11.4 Å². The van der Waals surface area contributed by atoms with Crippen LogP contribution in [0.2, 0.25) is 0 Å². The molecule has 12 nitrogen and oxygen atoms in total. The number of fused-ring (bicyclic) bond motifs is 1. The molecular formula is C30H26F3N9O3. The molecule has 5 aromatic rings. The van der Waals surface area contributed by atoms with Crippen molar-refractivity contribution < 1.29 is 27.2 Å². The lowest BCUT2D eigenvalue weighted by molar-refractivity contribution is -0.117. The standard InChI is InChI=1S/C30H26F3N9O3/c31-21-16-20(21)27(43)35-19-6-7-24-22(15-19)36-28(45-24)18-8-9-34-23(14-18)29(44)41-12-10-40(11-13-41)25(17-4-2-1-3-5-17)26-37-39-42(38-26)30(32)33/h1-9,14-15,20-21,25,30H,10-13,16H2,(H,35,43)/t20-,21-,25-/m0/s1. The number of amides is 2. The van der Waals surface area contributed by atoms with Crippen LogP contribution in [0, 0.1) is 5.92 Å². The molecule has 2 amide bonds. The minimum Gasteiger partial charge on any atom is -0.436 e. The molecule has 230 valence electrons. The third-order valence-corrected chi connectivity index (χ3v) is 7.88. The van der Waals surface area contributed by atoms with Gasteiger partial charge in [0.2, 0.25) is 11.8 Å². The van der Waals surface area contributed by atoms with Gasteiger partial charge >= 0.3 is 6.55 Å². The molecule has 2 fully saturated rings. The van der Waals surface area contributed by atoms with E-state index in [1.807, 2.05) is 35.2 Å². The zero-order chi connectivity index (χ0) is 31.1. The maximum atomic E-state index is 13.5. The van der Waals surface area contributed by atoms with Crippen LogP contribution in [0.5, 0.6) is 0 Å². The fraction of sp³-hybridized carbons (Fsp3) is 0.300. The molecule has 0 spiro atoms. The van der Waals surface area contributed by atoms with Crippen molar-refractivity contribution in [3.05, 3.63) is 83.9 Å². The van der Waals surface area contributed by atoms with Gasteiger partial charge in [0.05, 0.1) is 12.0 Å². The Morgan fingerprint density at radius 1 is 1.00 bits per heavy atom. The SMILES string of the molecule is O=C(Nc1ccc2oc(-c3ccnc(C(=O)N4CCN([C@@H](c5ccccc5)c5nnn(C(F)F)n5)CC4)c3)nc2c1)[C@H]1C[C@@H]1F. The quantitative estimate of drug-likeness (QED) is 0.273. The van der Waals surface area contributed by atoms with E-state index in [0.717, 1.165) is 5.56 Å². The molecule has 0 bridgehead atoms. The summed E-state index contributed by atoms with van der Waals surface area (Å²) in [5.41, 5.74) is 3.04. The van der Waals surface area contributed by atoms with Crippen molar-refractivity contribution in [3.8, 4) is 11.5 Å². The second kappa shape index (κ2) is 11.7. The van der Waals surface area contributed by atoms with E-state index in [1.165, 1.54) is 6.20 Å². The highest BCUT2D eigenvalue weighted by atomic mass is 19.3. The number of tetrazole rings is 1. The lowest BCUT2D eigenvalue weighted by Crippen LogP contribution is -2.50. The van der Waals surface area contributed by atoms with Crippen molar-refractivity contribution in [1.29, 1.82) is 0 Å². The summed E-state index contributed by atoms with van der Waals surface area (Å²) in [5.74, 6) is -0.824. The normalized spacial score (nSPS) is 19.2. The minimum atomic E-state index is -2.90. The molecule has 1 aliphatic heterocycles. The molecule has 1 N–H and O–H groups in total. The van der Waals surface area contributed by atoms with E-state index in [2.05, 4.69) is 30.7 Å². The summed E-state index contributed by atoms with van der Waals surface area (Å²) in [7, 11) is 0. The van der Waals surface area contributed by atoms with Crippen LogP contribution in [0.1, 0.15) is 40.9 Å². The first-order valence-corrected chi connectivity index (χ1v) is 14.3. The Hall–Kier alpha value is -5.18. The van der Waals surface area contributed by atoms with Crippen LogP contribution in [-0.4, -0.2) is 84.1 Å². The Labute approximate surface area is 253 Å². The van der Waals surface area contributed by atoms with E-state index in [4.69, 9.17) is 4.42 Å². The average molecular weight is 618 g/mol. The number of oxazole rings is 1. The molecule has 1 saturated heterocycles. The molecule has 0 unspecified atom stereocenters. The van der Waals surface area contributed by atoms with Crippen LogP contribution < -0.4 is 5.32 Å². The predicted octanol–water partition coefficient (Wildman–Crippen LogP) is 4.12. The lowest BCUT2D eigenvalue weighted by Gasteiger charge is -2.38. The van der Waals surface area contributed by atoms with Crippen LogP contribution >= 0.6 is 0 Å². The molecule has 45 heavy (non-hydrogen) atoms. The average Bonchev–Trinajstić information content (AvgIpc) is 3.40. The second-order valence-corrected chi connectivity index (χ2v) is 10.9. The first kappa shape index (κ1) is 28.6. The maximum Gasteiger partial charge on any atom is 0.350 e. The fourth-order valence-electron chi connectivity index (χ4n) is 5.41. The Morgan fingerprint density at radius 2 is 1.78 bits per heavy atom. The van der Waals surface area contributed by atoms with Crippen molar-refractivity contribution in [2.45, 2.75) is 25.2 Å². The van der Waals surface area contributed by atoms with Crippen molar-refractivity contribution in [2.75, 3.05) is 31.5 Å². The van der Waals surface area contributed by atoms with Crippen LogP contribution in [0.15, 0.2) is 71.3 Å². The number of carbonyl (C=O) groups excluding carboxylic acids is 2. The summed E-state index contributed by atoms with van der Waals surface area (Å²) in [6.07, 6.45) is 0.651. The summed E-state index contributed by atoms with van der Waals surface area (Å²) in [6.45, 7) is -1.31. The Balaban J connectivity index is 1.05. The van der Waals surface area contributed by atoms with E-state index in [9.17, 15) is 22.8 Å². The number of aromatic nitrogens is 6. The number of hydrogen-bond acceptors (Lipinski definition) is 9. The fourth-order valence-corrected chi connectivity index (χ4v) is 5.41. The van der Waals surface area contributed by atoms with E-state index in [-0.39, 0.29) is 40.4 Å². The number of alkyl halides is 3. The van der Waals surface area contributed by atoms with Gasteiger partial charge < -0.3 is 14.6 Å². The Morgan fingerprint density at radius 3 is 2.49 bits per heavy atom. The lowest BCUT2D eigenvalue weighted by atomic mass is 10.0. The van der Waals surface area contributed by atoms with Crippen LogP contribution in [0.3, 0.4) is 0 Å². The number of rotatable bonds is 8. The zero-order valence-corrected chi connectivity index (χ0v) is 23.6. The number of halogens is 3. The van der Waals surface area contributed by atoms with Gasteiger partial charge in [-0.1, -0.05) is 35.1 Å². The van der Waals surface area contributed by atoms with E-state index >= 15 is 0 Å². The summed E-state index contributed by atoms with van der Waals surface area (Å²) < 4.78 is 45.5. The van der Waals surface area contributed by atoms with Crippen LogP contribution in [-0.2, 0) is 4.79 Å². The molecule has 3 aromatic heterocycles. The highest BCUT2D eigenvalue weighted by Crippen LogP contribution is 2.35. The molecule has 1 saturated carbocycles. The van der Waals surface area contributed by atoms with Crippen LogP contribution in [0.4, 0.5) is 18.9 Å². The number of nitrogens with one attached hydrogen (secondary N) is 1. The Kier molecular flexibility index (Phi) is 7.45. The van der Waals surface area contributed by atoms with Gasteiger partial charge in [0.1, 0.15) is 17.4 Å². The summed E-state index contributed by atoms with van der Waals surface area (Å²) in [5, 5.41) is 14.0. The van der Waals surface area contributed by atoms with Crippen molar-refractivity contribution in [1.82, 2.24) is 40.0 Å². The van der Waals surface area contributed by atoms with Gasteiger partial charge in [0.25, 0.3) is 5.91 Å². The first-order valence-electron chi connectivity index (χ1n) is 14.3. The van der Waals surface area contributed by atoms with Gasteiger partial charge in [-0.15, -0.1) is 10.2 Å². The van der Waals surface area contributed by atoms with Gasteiger partial charge in [-0.05, 0) is 47.5 Å². The second-order valence-electron chi connectivity index (χ2n) is 10.9. The summed E-state index contributed by atoms with van der Waals surface area (Å²) >= 11 is 0. The van der Waals surface area contributed by atoms with Gasteiger partial charge in [-0.25, -0.2) is 9.37 Å². The maximum absolute atomic E-state index is 13.5. The molecule has 3 atom stereocenters. The third kappa shape index (κ3) is 5.85. The van der Waals surface area contributed by atoms with E-state index in [1.54, 1.807) is 35.2 Å². The van der Waals surface area contributed by atoms with E-state index in [0.29, 0.717) is 48.5 Å². The number of benzene rings is 2. The Bertz CT molecular complexity index is 1860. The van der Waals surface area contributed by atoms with Gasteiger partial charge in [-0.2, -0.15) is 8.78 Å². The van der Waals surface area contributed by atoms with Crippen molar-refractivity contribution in [3.63, 3.8) is 0 Å². The molecule has 2 aromatic carbocycles. The number of nitrogens with zero attached hydrogens (tertiary/aromatic N) is 8. The number of piperazine rings is 1. The predicted molar refractivity (Wildman–Crippen MR) is 154 cm³/mol. The molecule has 15 heteroatoms. The first-order chi connectivity index (χ1) is 21.8. The molecule has 1 aliphatic carbocycles. The number of anilines is 1. The number of hydrogen-bond donors (Lipinski definition) is 1. The highest BCUT2D eigenvalue weighted by Gasteiger charge is 2.43. The summed E-state index contributed by atoms with van der Waals surface area (Å²) in [6, 6.07) is 17.1. The molecule has 0 radical (unpaired) electrons. The molecular weight excluding hydrogens is 591 g/mol. The largest absolute Gasteiger partial charge is 0.436 e. The topological polar surface area (TPSA) is 135 Å². The van der Waals surface area contributed by atoms with Crippen molar-refractivity contribution in [2.24, 2.45) is 5.92 Å². The smallest absolute Gasteiger partial charge is 0.350 e. The van der Waals surface area contributed by atoms with Gasteiger partial charge in [0, 0.05) is 43.6 Å². The molecule has 4 heterocycles. The van der Waals surface area contributed by atoms with E-state index < -0.39 is 24.7 Å². The zero-order valence-electron chi connectivity index (χ0n) is 23.6. The molecule has 7 rings (SSSR count). The molecule has 2 aliphatic rings. The minimum absolute atomic E-state index is 0.153. The monoisotopic (exact) mass is 617 g/mol. The van der Waals surface area contributed by atoms with Crippen molar-refractivity contribution >= 4 is 28.6 Å². The number of pyridine rings is 1. The number of carbonyl (C=O) groups is 2. The van der Waals surface area contributed by atoms with Gasteiger partial charge in [-0.3, -0.25) is 19.5 Å². The third-order valence-electron chi connectivity index (χ3n) is 7.88.